The number of nitro benzene ring substituents is 1. The van der Waals surface area contributed by atoms with Crippen molar-refractivity contribution in [3.05, 3.63) is 33.9 Å². The van der Waals surface area contributed by atoms with Gasteiger partial charge in [0.25, 0.3) is 5.69 Å². The second-order valence-electron chi connectivity index (χ2n) is 4.94. The molecule has 0 heterocycles. The van der Waals surface area contributed by atoms with E-state index in [1.807, 2.05) is 30.8 Å². The number of nitrogens with one attached hydrogen (secondary N) is 1. The zero-order valence-corrected chi connectivity index (χ0v) is 12.6. The molecule has 5 heteroatoms. The van der Waals surface area contributed by atoms with E-state index in [9.17, 15) is 10.1 Å². The molecular weight excluding hydrogens is 260 g/mol. The van der Waals surface area contributed by atoms with Crippen LogP contribution >= 0.6 is 11.8 Å². The number of rotatable bonds is 8. The molecule has 0 bridgehead atoms. The van der Waals surface area contributed by atoms with Crippen LogP contribution in [0.25, 0.3) is 0 Å². The molecule has 1 aromatic rings. The van der Waals surface area contributed by atoms with Gasteiger partial charge in [-0.25, -0.2) is 0 Å². The molecule has 19 heavy (non-hydrogen) atoms. The van der Waals surface area contributed by atoms with Gasteiger partial charge in [0.2, 0.25) is 0 Å². The quantitative estimate of drug-likeness (QED) is 0.570. The smallest absolute Gasteiger partial charge is 0.292 e. The molecule has 0 radical (unpaired) electrons. The number of hydrogen-bond acceptors (Lipinski definition) is 4. The Morgan fingerprint density at radius 1 is 1.42 bits per heavy atom. The topological polar surface area (TPSA) is 55.2 Å². The molecule has 1 N–H and O–H groups in total. The SMILES string of the molecule is CCCNc1cc(CSCC(C)C)ccc1[N+](=O)[O-]. The zero-order chi connectivity index (χ0) is 14.3. The van der Waals surface area contributed by atoms with Gasteiger partial charge >= 0.3 is 0 Å². The number of anilines is 1. The highest BCUT2D eigenvalue weighted by Crippen LogP contribution is 2.27. The van der Waals surface area contributed by atoms with Crippen molar-refractivity contribution in [3.63, 3.8) is 0 Å². The summed E-state index contributed by atoms with van der Waals surface area (Å²) < 4.78 is 0. The molecule has 0 aromatic heterocycles. The molecule has 0 saturated carbocycles. The molecule has 1 rings (SSSR count). The summed E-state index contributed by atoms with van der Waals surface area (Å²) in [5, 5.41) is 14.1. The monoisotopic (exact) mass is 282 g/mol. The van der Waals surface area contributed by atoms with Crippen LogP contribution in [0.15, 0.2) is 18.2 Å². The molecule has 0 saturated heterocycles. The Balaban J connectivity index is 2.76. The number of thioether (sulfide) groups is 1. The Morgan fingerprint density at radius 3 is 2.74 bits per heavy atom. The number of nitrogens with zero attached hydrogens (tertiary/aromatic N) is 1. The van der Waals surface area contributed by atoms with E-state index in [1.165, 1.54) is 0 Å². The molecule has 0 spiro atoms. The molecule has 0 aliphatic rings. The van der Waals surface area contributed by atoms with Crippen LogP contribution in [0.2, 0.25) is 0 Å². The fraction of sp³-hybridized carbons (Fsp3) is 0.571. The van der Waals surface area contributed by atoms with Gasteiger partial charge in [-0.1, -0.05) is 26.8 Å². The zero-order valence-electron chi connectivity index (χ0n) is 11.8. The summed E-state index contributed by atoms with van der Waals surface area (Å²) in [4.78, 5) is 10.6. The van der Waals surface area contributed by atoms with Crippen molar-refractivity contribution in [2.75, 3.05) is 17.6 Å². The minimum atomic E-state index is -0.330. The maximum absolute atomic E-state index is 11.0. The third-order valence-electron chi connectivity index (χ3n) is 2.54. The van der Waals surface area contributed by atoms with Crippen LogP contribution in [0, 0.1) is 16.0 Å². The van der Waals surface area contributed by atoms with Gasteiger partial charge in [-0.2, -0.15) is 11.8 Å². The van der Waals surface area contributed by atoms with E-state index < -0.39 is 0 Å². The average molecular weight is 282 g/mol. The lowest BCUT2D eigenvalue weighted by Gasteiger charge is -2.09. The van der Waals surface area contributed by atoms with Crippen LogP contribution in [-0.4, -0.2) is 17.2 Å². The predicted molar refractivity (Wildman–Crippen MR) is 82.9 cm³/mol. The van der Waals surface area contributed by atoms with Gasteiger partial charge in [0.1, 0.15) is 5.69 Å². The Labute approximate surface area is 119 Å². The lowest BCUT2D eigenvalue weighted by Crippen LogP contribution is -2.04. The Bertz CT molecular complexity index is 422. The number of hydrogen-bond donors (Lipinski definition) is 1. The van der Waals surface area contributed by atoms with E-state index >= 15 is 0 Å². The van der Waals surface area contributed by atoms with E-state index in [0.29, 0.717) is 11.6 Å². The van der Waals surface area contributed by atoms with Crippen LogP contribution in [0.5, 0.6) is 0 Å². The largest absolute Gasteiger partial charge is 0.379 e. The van der Waals surface area contributed by atoms with E-state index in [1.54, 1.807) is 6.07 Å². The van der Waals surface area contributed by atoms with Crippen LogP contribution < -0.4 is 5.32 Å². The van der Waals surface area contributed by atoms with Gasteiger partial charge in [0, 0.05) is 18.4 Å². The molecule has 0 amide bonds. The molecular formula is C14H22N2O2S. The summed E-state index contributed by atoms with van der Waals surface area (Å²) in [6.45, 7) is 7.18. The lowest BCUT2D eigenvalue weighted by molar-refractivity contribution is -0.384. The first-order valence-corrected chi connectivity index (χ1v) is 7.79. The third-order valence-corrected chi connectivity index (χ3v) is 3.98. The molecule has 0 fully saturated rings. The van der Waals surface area contributed by atoms with Gasteiger partial charge in [-0.15, -0.1) is 0 Å². The first-order valence-electron chi connectivity index (χ1n) is 6.63. The van der Waals surface area contributed by atoms with Crippen molar-refractivity contribution in [3.8, 4) is 0 Å². The van der Waals surface area contributed by atoms with Crippen molar-refractivity contribution in [2.45, 2.75) is 32.9 Å². The minimum Gasteiger partial charge on any atom is -0.379 e. The summed E-state index contributed by atoms with van der Waals surface area (Å²) in [6.07, 6.45) is 0.948. The molecule has 4 nitrogen and oxygen atoms in total. The summed E-state index contributed by atoms with van der Waals surface area (Å²) >= 11 is 1.86. The van der Waals surface area contributed by atoms with Gasteiger partial charge in [-0.3, -0.25) is 10.1 Å². The normalized spacial score (nSPS) is 10.7. The van der Waals surface area contributed by atoms with E-state index in [2.05, 4.69) is 19.2 Å². The highest BCUT2D eigenvalue weighted by Gasteiger charge is 2.13. The van der Waals surface area contributed by atoms with Crippen molar-refractivity contribution in [1.29, 1.82) is 0 Å². The molecule has 0 aliphatic carbocycles. The molecule has 0 unspecified atom stereocenters. The third kappa shape index (κ3) is 5.51. The van der Waals surface area contributed by atoms with Gasteiger partial charge in [0.15, 0.2) is 0 Å². The van der Waals surface area contributed by atoms with E-state index in [4.69, 9.17) is 0 Å². The highest BCUT2D eigenvalue weighted by atomic mass is 32.2. The minimum absolute atomic E-state index is 0.158. The van der Waals surface area contributed by atoms with Crippen molar-refractivity contribution < 1.29 is 4.92 Å². The number of benzene rings is 1. The maximum atomic E-state index is 11.0. The average Bonchev–Trinajstić information content (AvgIpc) is 2.35. The molecule has 0 aliphatic heterocycles. The Hall–Kier alpha value is -1.23. The van der Waals surface area contributed by atoms with E-state index in [-0.39, 0.29) is 10.6 Å². The number of nitro groups is 1. The summed E-state index contributed by atoms with van der Waals surface area (Å²) in [5.74, 6) is 2.67. The van der Waals surface area contributed by atoms with Crippen LogP contribution in [0.3, 0.4) is 0 Å². The maximum Gasteiger partial charge on any atom is 0.292 e. The molecule has 106 valence electrons. The standard InChI is InChI=1S/C14H22N2O2S/c1-4-7-15-13-8-12(10-19-9-11(2)3)5-6-14(13)16(17)18/h5-6,8,11,15H,4,7,9-10H2,1-3H3. The first-order chi connectivity index (χ1) is 9.04. The second kappa shape index (κ2) is 8.04. The fourth-order valence-corrected chi connectivity index (χ4v) is 2.65. The summed E-state index contributed by atoms with van der Waals surface area (Å²) in [6, 6.07) is 5.35. The van der Waals surface area contributed by atoms with Gasteiger partial charge in [0.05, 0.1) is 4.92 Å². The summed E-state index contributed by atoms with van der Waals surface area (Å²) in [7, 11) is 0. The van der Waals surface area contributed by atoms with Crippen LogP contribution in [-0.2, 0) is 5.75 Å². The van der Waals surface area contributed by atoms with Crippen molar-refractivity contribution >= 4 is 23.1 Å². The first kappa shape index (κ1) is 15.8. The van der Waals surface area contributed by atoms with Crippen LogP contribution in [0.1, 0.15) is 32.8 Å². The lowest BCUT2D eigenvalue weighted by atomic mass is 10.2. The fourth-order valence-electron chi connectivity index (χ4n) is 1.65. The predicted octanol–water partition coefficient (Wildman–Crippen LogP) is 4.31. The Morgan fingerprint density at radius 2 is 2.16 bits per heavy atom. The second-order valence-corrected chi connectivity index (χ2v) is 5.97. The molecule has 1 aromatic carbocycles. The summed E-state index contributed by atoms with van der Waals surface area (Å²) in [5.41, 5.74) is 1.93. The van der Waals surface area contributed by atoms with E-state index in [0.717, 1.165) is 30.0 Å². The van der Waals surface area contributed by atoms with Crippen molar-refractivity contribution in [1.82, 2.24) is 0 Å². The van der Waals surface area contributed by atoms with Crippen LogP contribution in [0.4, 0.5) is 11.4 Å². The Kier molecular flexibility index (Phi) is 6.70. The van der Waals surface area contributed by atoms with Crippen molar-refractivity contribution in [2.24, 2.45) is 5.92 Å². The highest BCUT2D eigenvalue weighted by molar-refractivity contribution is 7.98. The molecule has 0 atom stereocenters. The van der Waals surface area contributed by atoms with Gasteiger partial charge in [-0.05, 0) is 29.7 Å². The van der Waals surface area contributed by atoms with Gasteiger partial charge < -0.3 is 5.32 Å².